The van der Waals surface area contributed by atoms with Crippen LogP contribution in [0.15, 0.2) is 17.4 Å². The zero-order chi connectivity index (χ0) is 12.3. The summed E-state index contributed by atoms with van der Waals surface area (Å²) in [7, 11) is 0. The lowest BCUT2D eigenvalue weighted by molar-refractivity contribution is -0.138. The molecule has 1 aliphatic heterocycles. The highest BCUT2D eigenvalue weighted by molar-refractivity contribution is 7.98. The molecule has 1 fully saturated rings. The molecule has 1 aliphatic rings. The lowest BCUT2D eigenvalue weighted by atomic mass is 10.2. The van der Waals surface area contributed by atoms with Gasteiger partial charge in [-0.2, -0.15) is 0 Å². The molecule has 2 rings (SSSR count). The number of aromatic nitrogens is 2. The Morgan fingerprint density at radius 3 is 3.24 bits per heavy atom. The predicted molar refractivity (Wildman–Crippen MR) is 65.5 cm³/mol. The minimum absolute atomic E-state index is 0.438. The molecule has 0 aliphatic carbocycles. The summed E-state index contributed by atoms with van der Waals surface area (Å²) in [4.78, 5) is 21.4. The molecule has 92 valence electrons. The van der Waals surface area contributed by atoms with Gasteiger partial charge in [-0.05, 0) is 12.3 Å². The van der Waals surface area contributed by atoms with Crippen molar-refractivity contribution in [1.29, 1.82) is 0 Å². The fourth-order valence-corrected chi connectivity index (χ4v) is 2.14. The summed E-state index contributed by atoms with van der Waals surface area (Å²) in [5.41, 5.74) is 0. The molecule has 1 aromatic rings. The smallest absolute Gasteiger partial charge is 0.327 e. The van der Waals surface area contributed by atoms with E-state index < -0.39 is 12.0 Å². The highest BCUT2D eigenvalue weighted by atomic mass is 32.2. The second-order valence-electron chi connectivity index (χ2n) is 3.65. The molecule has 1 atom stereocenters. The van der Waals surface area contributed by atoms with Crippen LogP contribution in [0.1, 0.15) is 0 Å². The maximum Gasteiger partial charge on any atom is 0.327 e. The lowest BCUT2D eigenvalue weighted by Crippen LogP contribution is -2.55. The van der Waals surface area contributed by atoms with Crippen molar-refractivity contribution < 1.29 is 9.90 Å². The van der Waals surface area contributed by atoms with Crippen molar-refractivity contribution in [3.8, 4) is 0 Å². The maximum absolute atomic E-state index is 11.2. The summed E-state index contributed by atoms with van der Waals surface area (Å²) in [6, 6.07) is 1.19. The van der Waals surface area contributed by atoms with Crippen LogP contribution >= 0.6 is 11.8 Å². The van der Waals surface area contributed by atoms with Crippen molar-refractivity contribution in [3.63, 3.8) is 0 Å². The Kier molecular flexibility index (Phi) is 3.80. The van der Waals surface area contributed by atoms with Gasteiger partial charge in [0.1, 0.15) is 11.9 Å². The van der Waals surface area contributed by atoms with Gasteiger partial charge < -0.3 is 15.3 Å². The number of nitrogens with zero attached hydrogens (tertiary/aromatic N) is 3. The van der Waals surface area contributed by atoms with Crippen LogP contribution in [0, 0.1) is 0 Å². The molecule has 0 radical (unpaired) electrons. The summed E-state index contributed by atoms with van der Waals surface area (Å²) in [6.45, 7) is 1.85. The minimum Gasteiger partial charge on any atom is -0.480 e. The van der Waals surface area contributed by atoms with Gasteiger partial charge >= 0.3 is 5.97 Å². The van der Waals surface area contributed by atoms with Gasteiger partial charge in [-0.3, -0.25) is 0 Å². The van der Waals surface area contributed by atoms with Gasteiger partial charge in [0, 0.05) is 25.8 Å². The molecule has 2 N–H and O–H groups in total. The van der Waals surface area contributed by atoms with Crippen molar-refractivity contribution >= 4 is 23.5 Å². The second-order valence-corrected chi connectivity index (χ2v) is 4.43. The van der Waals surface area contributed by atoms with Gasteiger partial charge in [0.25, 0.3) is 0 Å². The minimum atomic E-state index is -0.832. The average Bonchev–Trinajstić information content (AvgIpc) is 2.39. The fourth-order valence-electron chi connectivity index (χ4n) is 1.79. The first-order chi connectivity index (χ1) is 8.22. The van der Waals surface area contributed by atoms with Crippen LogP contribution in [0.4, 0.5) is 5.82 Å². The average molecular weight is 254 g/mol. The van der Waals surface area contributed by atoms with Crippen LogP contribution in [0.25, 0.3) is 0 Å². The van der Waals surface area contributed by atoms with E-state index in [1.54, 1.807) is 17.2 Å². The fraction of sp³-hybridized carbons (Fsp3) is 0.500. The van der Waals surface area contributed by atoms with Crippen molar-refractivity contribution in [2.75, 3.05) is 30.8 Å². The molecule has 1 saturated heterocycles. The van der Waals surface area contributed by atoms with Gasteiger partial charge in [0.2, 0.25) is 0 Å². The number of hydrogen-bond donors (Lipinski definition) is 2. The number of carbonyl (C=O) groups is 1. The van der Waals surface area contributed by atoms with Crippen LogP contribution < -0.4 is 10.2 Å². The number of hydrogen-bond acceptors (Lipinski definition) is 6. The molecule has 0 amide bonds. The molecular formula is C10H14N4O2S. The van der Waals surface area contributed by atoms with E-state index in [1.807, 2.05) is 6.26 Å². The largest absolute Gasteiger partial charge is 0.480 e. The number of anilines is 1. The van der Waals surface area contributed by atoms with Crippen molar-refractivity contribution in [1.82, 2.24) is 15.3 Å². The molecule has 0 saturated carbocycles. The SMILES string of the molecule is CSc1nccc(N2CCNC[C@@H]2C(=O)O)n1. The Labute approximate surface area is 103 Å². The maximum atomic E-state index is 11.2. The quantitative estimate of drug-likeness (QED) is 0.583. The van der Waals surface area contributed by atoms with Crippen LogP contribution in [-0.4, -0.2) is 53.0 Å². The second kappa shape index (κ2) is 5.33. The van der Waals surface area contributed by atoms with Gasteiger partial charge in [-0.15, -0.1) is 0 Å². The van der Waals surface area contributed by atoms with E-state index in [-0.39, 0.29) is 0 Å². The molecule has 0 spiro atoms. The third kappa shape index (κ3) is 2.67. The third-order valence-electron chi connectivity index (χ3n) is 2.62. The number of aliphatic carboxylic acids is 1. The Morgan fingerprint density at radius 2 is 2.53 bits per heavy atom. The summed E-state index contributed by atoms with van der Waals surface area (Å²) in [5, 5.41) is 12.9. The molecule has 0 bridgehead atoms. The van der Waals surface area contributed by atoms with Crippen LogP contribution in [0.3, 0.4) is 0 Å². The van der Waals surface area contributed by atoms with Gasteiger partial charge in [0.15, 0.2) is 5.16 Å². The summed E-state index contributed by atoms with van der Waals surface area (Å²) in [6.07, 6.45) is 3.56. The van der Waals surface area contributed by atoms with E-state index in [0.29, 0.717) is 24.1 Å². The number of piperazine rings is 1. The summed E-state index contributed by atoms with van der Waals surface area (Å²) >= 11 is 1.44. The first-order valence-electron chi connectivity index (χ1n) is 5.29. The standard InChI is InChI=1S/C10H14N4O2S/c1-17-10-12-3-2-8(13-10)14-5-4-11-6-7(14)9(15)16/h2-3,7,11H,4-6H2,1H3,(H,15,16)/t7-/m1/s1. The zero-order valence-electron chi connectivity index (χ0n) is 9.46. The van der Waals surface area contributed by atoms with Crippen LogP contribution in [-0.2, 0) is 4.79 Å². The van der Waals surface area contributed by atoms with E-state index in [1.165, 1.54) is 11.8 Å². The third-order valence-corrected chi connectivity index (χ3v) is 3.19. The van der Waals surface area contributed by atoms with Gasteiger partial charge in [0.05, 0.1) is 0 Å². The molecule has 0 unspecified atom stereocenters. The van der Waals surface area contributed by atoms with E-state index in [4.69, 9.17) is 5.11 Å². The van der Waals surface area contributed by atoms with E-state index in [2.05, 4.69) is 15.3 Å². The van der Waals surface area contributed by atoms with Gasteiger partial charge in [-0.25, -0.2) is 14.8 Å². The normalized spacial score (nSPS) is 20.3. The molecule has 1 aromatic heterocycles. The monoisotopic (exact) mass is 254 g/mol. The van der Waals surface area contributed by atoms with E-state index in [9.17, 15) is 4.79 Å². The number of carboxylic acid groups (broad SMARTS) is 1. The highest BCUT2D eigenvalue weighted by Gasteiger charge is 2.29. The molecule has 6 nitrogen and oxygen atoms in total. The molecule has 2 heterocycles. The summed E-state index contributed by atoms with van der Waals surface area (Å²) in [5.74, 6) is -0.153. The molecule has 17 heavy (non-hydrogen) atoms. The Bertz CT molecular complexity index is 415. The Morgan fingerprint density at radius 1 is 1.71 bits per heavy atom. The first kappa shape index (κ1) is 12.1. The molecule has 0 aromatic carbocycles. The van der Waals surface area contributed by atoms with Crippen molar-refractivity contribution in [3.05, 3.63) is 12.3 Å². The lowest BCUT2D eigenvalue weighted by Gasteiger charge is -2.34. The van der Waals surface area contributed by atoms with E-state index >= 15 is 0 Å². The van der Waals surface area contributed by atoms with Crippen molar-refractivity contribution in [2.45, 2.75) is 11.2 Å². The first-order valence-corrected chi connectivity index (χ1v) is 6.52. The Balaban J connectivity index is 2.26. The zero-order valence-corrected chi connectivity index (χ0v) is 10.3. The molecule has 7 heteroatoms. The highest BCUT2D eigenvalue weighted by Crippen LogP contribution is 2.18. The topological polar surface area (TPSA) is 78.4 Å². The predicted octanol–water partition coefficient (Wildman–Crippen LogP) is 0.0613. The van der Waals surface area contributed by atoms with E-state index in [0.717, 1.165) is 6.54 Å². The van der Waals surface area contributed by atoms with Crippen LogP contribution in [0.2, 0.25) is 0 Å². The Hall–Kier alpha value is -1.34. The number of nitrogens with one attached hydrogen (secondary N) is 1. The van der Waals surface area contributed by atoms with Crippen LogP contribution in [0.5, 0.6) is 0 Å². The molecular weight excluding hydrogens is 240 g/mol. The summed E-state index contributed by atoms with van der Waals surface area (Å²) < 4.78 is 0. The number of thioether (sulfide) groups is 1. The number of carboxylic acids is 1. The number of rotatable bonds is 3. The van der Waals surface area contributed by atoms with Gasteiger partial charge in [-0.1, -0.05) is 11.8 Å². The van der Waals surface area contributed by atoms with Crippen molar-refractivity contribution in [2.24, 2.45) is 0 Å².